The van der Waals surface area contributed by atoms with Gasteiger partial charge in [-0.1, -0.05) is 11.8 Å². The van der Waals surface area contributed by atoms with Gasteiger partial charge in [-0.25, -0.2) is 0 Å². The minimum Gasteiger partial charge on any atom is -0.481 e. The van der Waals surface area contributed by atoms with Crippen LogP contribution >= 0.6 is 28.7 Å². The highest BCUT2D eigenvalue weighted by Gasteiger charge is 2.42. The van der Waals surface area contributed by atoms with Crippen molar-refractivity contribution in [3.05, 3.63) is 10.6 Å². The number of carboxylic acids is 1. The molecule has 8 heteroatoms. The molecule has 4 N–H and O–H groups in total. The zero-order valence-electron chi connectivity index (χ0n) is 16.0. The van der Waals surface area contributed by atoms with Crippen molar-refractivity contribution in [2.75, 3.05) is 13.1 Å². The summed E-state index contributed by atoms with van der Waals surface area (Å²) in [5.74, 6) is 0.107. The normalized spacial score (nSPS) is 29.5. The first-order valence-corrected chi connectivity index (χ1v) is 10.7. The van der Waals surface area contributed by atoms with E-state index in [2.05, 4.69) is 10.2 Å². The number of allylic oxidation sites excluding steroid dienone is 1. The molecule has 1 saturated carbocycles. The zero-order chi connectivity index (χ0) is 18.7. The van der Waals surface area contributed by atoms with Crippen molar-refractivity contribution in [3.8, 4) is 0 Å². The van der Waals surface area contributed by atoms with Crippen LogP contribution in [-0.2, 0) is 9.59 Å². The molecule has 0 spiro atoms. The molecule has 2 heterocycles. The average molecular weight is 462 g/mol. The Kier molecular flexibility index (Phi) is 8.49. The fourth-order valence-electron chi connectivity index (χ4n) is 4.78. The molecule has 0 radical (unpaired) electrons. The van der Waals surface area contributed by atoms with Crippen molar-refractivity contribution in [3.63, 3.8) is 0 Å². The maximum Gasteiger partial charge on any atom is 0.303 e. The number of aliphatic carboxylic acids is 1. The number of nitrogens with two attached hydrogens (primary N) is 1. The minimum absolute atomic E-state index is 0. The van der Waals surface area contributed by atoms with Gasteiger partial charge in [-0.05, 0) is 76.8 Å². The summed E-state index contributed by atoms with van der Waals surface area (Å²) in [5.41, 5.74) is 6.70. The molecule has 27 heavy (non-hydrogen) atoms. The van der Waals surface area contributed by atoms with E-state index in [1.807, 2.05) is 6.92 Å². The van der Waals surface area contributed by atoms with Crippen LogP contribution in [0.1, 0.15) is 58.3 Å². The Morgan fingerprint density at radius 1 is 1.19 bits per heavy atom. The first-order chi connectivity index (χ1) is 12.5. The summed E-state index contributed by atoms with van der Waals surface area (Å²) in [6.45, 7) is 4.13. The van der Waals surface area contributed by atoms with Crippen LogP contribution in [0.4, 0.5) is 0 Å². The maximum atomic E-state index is 11.9. The van der Waals surface area contributed by atoms with Gasteiger partial charge < -0.3 is 21.1 Å². The largest absolute Gasteiger partial charge is 0.481 e. The van der Waals surface area contributed by atoms with E-state index in [9.17, 15) is 9.59 Å². The van der Waals surface area contributed by atoms with Gasteiger partial charge in [0.25, 0.3) is 5.91 Å². The van der Waals surface area contributed by atoms with E-state index in [0.717, 1.165) is 68.6 Å². The third-order valence-electron chi connectivity index (χ3n) is 6.22. The van der Waals surface area contributed by atoms with Crippen molar-refractivity contribution in [1.29, 1.82) is 0 Å². The molecular formula is C19H32BrN3O3S. The maximum absolute atomic E-state index is 11.9. The second-order valence-electron chi connectivity index (χ2n) is 7.89. The number of amides is 1. The number of nitrogens with zero attached hydrogens (tertiary/aromatic N) is 1. The van der Waals surface area contributed by atoms with Gasteiger partial charge in [-0.15, -0.1) is 17.0 Å². The second-order valence-corrected chi connectivity index (χ2v) is 9.02. The monoisotopic (exact) mass is 461 g/mol. The summed E-state index contributed by atoms with van der Waals surface area (Å²) in [7, 11) is 0. The van der Waals surface area contributed by atoms with Crippen LogP contribution in [0.5, 0.6) is 0 Å². The highest BCUT2D eigenvalue weighted by Crippen LogP contribution is 2.47. The standard InChI is InChI=1S/C19H31N3O3S.BrH/c1-12-17(18(20)25)26-19(14-8-10-21-11-9-14)22(12)15-5-2-13(3-6-15)4-7-16(23)24;/h13-15,19,21H,2-11H2,1H3,(H2,20,25)(H,23,24);1H/t13-,15-,19?;. The van der Waals surface area contributed by atoms with E-state index in [0.29, 0.717) is 23.3 Å². The van der Waals surface area contributed by atoms with E-state index >= 15 is 0 Å². The Bertz CT molecular complexity index is 573. The molecule has 1 atom stereocenters. The number of carboxylic acid groups (broad SMARTS) is 1. The van der Waals surface area contributed by atoms with Crippen LogP contribution in [0.2, 0.25) is 0 Å². The number of hydrogen-bond donors (Lipinski definition) is 3. The van der Waals surface area contributed by atoms with Gasteiger partial charge in [0.1, 0.15) is 0 Å². The van der Waals surface area contributed by atoms with Crippen LogP contribution < -0.4 is 11.1 Å². The van der Waals surface area contributed by atoms with Gasteiger partial charge in [0.15, 0.2) is 0 Å². The second kappa shape index (κ2) is 10.2. The minimum atomic E-state index is -0.695. The van der Waals surface area contributed by atoms with Crippen LogP contribution in [0.25, 0.3) is 0 Å². The Balaban J connectivity index is 0.00000261. The molecule has 1 amide bonds. The lowest BCUT2D eigenvalue weighted by atomic mass is 9.82. The van der Waals surface area contributed by atoms with Gasteiger partial charge in [0.2, 0.25) is 0 Å². The number of thioether (sulfide) groups is 1. The highest BCUT2D eigenvalue weighted by molar-refractivity contribution is 8.93. The van der Waals surface area contributed by atoms with Gasteiger partial charge in [-0.2, -0.15) is 0 Å². The van der Waals surface area contributed by atoms with E-state index in [4.69, 9.17) is 10.8 Å². The fraction of sp³-hybridized carbons (Fsp3) is 0.789. The van der Waals surface area contributed by atoms with Crippen molar-refractivity contribution in [2.45, 2.75) is 69.7 Å². The van der Waals surface area contributed by atoms with Crippen molar-refractivity contribution in [2.24, 2.45) is 17.6 Å². The number of piperidine rings is 1. The number of carbonyl (C=O) groups is 2. The predicted octanol–water partition coefficient (Wildman–Crippen LogP) is 3.08. The van der Waals surface area contributed by atoms with Crippen molar-refractivity contribution >= 4 is 40.6 Å². The number of rotatable bonds is 6. The first-order valence-electron chi connectivity index (χ1n) is 9.85. The van der Waals surface area contributed by atoms with Crippen LogP contribution in [0, 0.1) is 11.8 Å². The summed E-state index contributed by atoms with van der Waals surface area (Å²) in [5, 5.41) is 12.6. The molecule has 0 aromatic heterocycles. The highest BCUT2D eigenvalue weighted by atomic mass is 79.9. The molecule has 2 aliphatic heterocycles. The Morgan fingerprint density at radius 2 is 1.81 bits per heavy atom. The van der Waals surface area contributed by atoms with Crippen LogP contribution in [-0.4, -0.2) is 46.4 Å². The Morgan fingerprint density at radius 3 is 2.37 bits per heavy atom. The number of nitrogens with one attached hydrogen (secondary N) is 1. The summed E-state index contributed by atoms with van der Waals surface area (Å²) < 4.78 is 0. The van der Waals surface area contributed by atoms with E-state index < -0.39 is 5.97 Å². The lowest BCUT2D eigenvalue weighted by Gasteiger charge is -2.43. The molecule has 3 rings (SSSR count). The smallest absolute Gasteiger partial charge is 0.303 e. The lowest BCUT2D eigenvalue weighted by molar-refractivity contribution is -0.137. The summed E-state index contributed by atoms with van der Waals surface area (Å²) in [4.78, 5) is 26.0. The SMILES string of the molecule is Br.CC1=C(C(N)=O)SC(C2CCNCC2)N1[C@H]1CC[C@H](CCC(=O)O)CC1. The number of hydrogen-bond acceptors (Lipinski definition) is 5. The average Bonchev–Trinajstić information content (AvgIpc) is 2.98. The Hall–Kier alpha value is -0.730. The number of halogens is 1. The van der Waals surface area contributed by atoms with E-state index in [1.165, 1.54) is 0 Å². The molecule has 154 valence electrons. The molecule has 0 aromatic rings. The fourth-order valence-corrected chi connectivity index (χ4v) is 6.32. The van der Waals surface area contributed by atoms with Gasteiger partial charge in [0.05, 0.1) is 10.3 Å². The van der Waals surface area contributed by atoms with Crippen LogP contribution in [0.3, 0.4) is 0 Å². The molecular weight excluding hydrogens is 430 g/mol. The summed E-state index contributed by atoms with van der Waals surface area (Å²) in [6.07, 6.45) is 7.66. The molecule has 1 aliphatic carbocycles. The number of carbonyl (C=O) groups excluding carboxylic acids is 1. The molecule has 6 nitrogen and oxygen atoms in total. The van der Waals surface area contributed by atoms with Gasteiger partial charge in [0, 0.05) is 18.2 Å². The number of primary amides is 1. The molecule has 0 bridgehead atoms. The molecule has 2 fully saturated rings. The van der Waals surface area contributed by atoms with E-state index in [1.54, 1.807) is 11.8 Å². The lowest BCUT2D eigenvalue weighted by Crippen LogP contribution is -2.45. The quantitative estimate of drug-likeness (QED) is 0.562. The third kappa shape index (κ3) is 5.41. The van der Waals surface area contributed by atoms with Crippen molar-refractivity contribution in [1.82, 2.24) is 10.2 Å². The van der Waals surface area contributed by atoms with Gasteiger partial charge >= 0.3 is 5.97 Å². The first kappa shape index (κ1) is 22.6. The van der Waals surface area contributed by atoms with Gasteiger partial charge in [-0.3, -0.25) is 9.59 Å². The molecule has 0 aromatic carbocycles. The molecule has 3 aliphatic rings. The van der Waals surface area contributed by atoms with Crippen molar-refractivity contribution < 1.29 is 14.7 Å². The summed E-state index contributed by atoms with van der Waals surface area (Å²) in [6, 6.07) is 0.445. The summed E-state index contributed by atoms with van der Waals surface area (Å²) >= 11 is 1.68. The molecule has 1 unspecified atom stereocenters. The van der Waals surface area contributed by atoms with Crippen LogP contribution in [0.15, 0.2) is 10.6 Å². The Labute approximate surface area is 176 Å². The molecule has 1 saturated heterocycles. The zero-order valence-corrected chi connectivity index (χ0v) is 18.5. The predicted molar refractivity (Wildman–Crippen MR) is 114 cm³/mol. The van der Waals surface area contributed by atoms with E-state index in [-0.39, 0.29) is 29.3 Å². The third-order valence-corrected chi connectivity index (χ3v) is 7.80. The topological polar surface area (TPSA) is 95.7 Å².